The molecular weight excluding hydrogens is 553 g/mol. The largest absolute Gasteiger partial charge is 0.492 e. The standard InChI is InChI=1S/C27H22Cl3N3O3S/c1-16(32-33-27(35)26-25(30)20-8-2-3-9-23(20)37-26)17-6-4-7-19(14-17)31-24(34)10-5-13-36-22-12-11-18(28)15-21(22)29/h2-4,6-9,11-12,14-15H,5,10,13H2,1H3,(H,31,34)(H,33,35)/b32-16+. The molecule has 4 aromatic rings. The zero-order valence-corrected chi connectivity index (χ0v) is 22.8. The summed E-state index contributed by atoms with van der Waals surface area (Å²) < 4.78 is 6.55. The second-order valence-electron chi connectivity index (χ2n) is 8.04. The van der Waals surface area contributed by atoms with E-state index in [1.807, 2.05) is 30.3 Å². The third-order valence-electron chi connectivity index (χ3n) is 5.33. The molecule has 10 heteroatoms. The van der Waals surface area contributed by atoms with Gasteiger partial charge in [-0.25, -0.2) is 5.43 Å². The fourth-order valence-corrected chi connectivity index (χ4v) is 5.33. The van der Waals surface area contributed by atoms with Crippen molar-refractivity contribution in [2.75, 3.05) is 11.9 Å². The normalized spacial score (nSPS) is 11.4. The van der Waals surface area contributed by atoms with Crippen LogP contribution in [0.25, 0.3) is 10.1 Å². The number of nitrogens with one attached hydrogen (secondary N) is 2. The van der Waals surface area contributed by atoms with Crippen LogP contribution in [0.5, 0.6) is 5.75 Å². The lowest BCUT2D eigenvalue weighted by Crippen LogP contribution is -2.18. The summed E-state index contributed by atoms with van der Waals surface area (Å²) in [6, 6.07) is 19.8. The van der Waals surface area contributed by atoms with E-state index in [2.05, 4.69) is 15.8 Å². The molecule has 3 aromatic carbocycles. The van der Waals surface area contributed by atoms with Crippen LogP contribution in [0.4, 0.5) is 5.69 Å². The molecule has 0 saturated carbocycles. The first kappa shape index (κ1) is 26.9. The van der Waals surface area contributed by atoms with Gasteiger partial charge in [0, 0.05) is 27.2 Å². The molecule has 0 fully saturated rings. The molecule has 0 bridgehead atoms. The lowest BCUT2D eigenvalue weighted by molar-refractivity contribution is -0.116. The highest BCUT2D eigenvalue weighted by atomic mass is 35.5. The molecule has 0 saturated heterocycles. The number of carbonyl (C=O) groups is 2. The average Bonchev–Trinajstić information content (AvgIpc) is 3.22. The SMILES string of the molecule is C/C(=N\NC(=O)c1sc2ccccc2c1Cl)c1cccc(NC(=O)CCCOc2ccc(Cl)cc2Cl)c1. The summed E-state index contributed by atoms with van der Waals surface area (Å²) in [5.74, 6) is -0.00183. The van der Waals surface area contributed by atoms with Crippen LogP contribution in [0.2, 0.25) is 15.1 Å². The molecule has 2 N–H and O–H groups in total. The quantitative estimate of drug-likeness (QED) is 0.122. The monoisotopic (exact) mass is 573 g/mol. The number of nitrogens with zero attached hydrogens (tertiary/aromatic N) is 1. The summed E-state index contributed by atoms with van der Waals surface area (Å²) in [6.45, 7) is 2.11. The van der Waals surface area contributed by atoms with E-state index in [4.69, 9.17) is 39.5 Å². The maximum absolute atomic E-state index is 12.7. The highest BCUT2D eigenvalue weighted by molar-refractivity contribution is 7.21. The first-order valence-corrected chi connectivity index (χ1v) is 13.3. The number of amides is 2. The van der Waals surface area contributed by atoms with Crippen LogP contribution in [-0.2, 0) is 4.79 Å². The predicted octanol–water partition coefficient (Wildman–Crippen LogP) is 7.81. The maximum atomic E-state index is 12.7. The van der Waals surface area contributed by atoms with Crippen LogP contribution >= 0.6 is 46.1 Å². The van der Waals surface area contributed by atoms with Gasteiger partial charge >= 0.3 is 0 Å². The highest BCUT2D eigenvalue weighted by Crippen LogP contribution is 2.35. The molecule has 1 aromatic heterocycles. The molecule has 6 nitrogen and oxygen atoms in total. The first-order chi connectivity index (χ1) is 17.8. The number of carbonyl (C=O) groups excluding carboxylic acids is 2. The fourth-order valence-electron chi connectivity index (χ4n) is 3.46. The Morgan fingerprint density at radius 2 is 1.81 bits per heavy atom. The van der Waals surface area contributed by atoms with E-state index in [0.29, 0.717) is 50.1 Å². The molecule has 37 heavy (non-hydrogen) atoms. The van der Waals surface area contributed by atoms with Gasteiger partial charge in [-0.3, -0.25) is 9.59 Å². The van der Waals surface area contributed by atoms with Gasteiger partial charge in [-0.2, -0.15) is 5.10 Å². The molecule has 0 aliphatic rings. The molecule has 4 rings (SSSR count). The van der Waals surface area contributed by atoms with Crippen molar-refractivity contribution < 1.29 is 14.3 Å². The van der Waals surface area contributed by atoms with Crippen molar-refractivity contribution in [1.29, 1.82) is 0 Å². The first-order valence-electron chi connectivity index (χ1n) is 11.3. The molecular formula is C27H22Cl3N3O3S. The molecule has 190 valence electrons. The Hall–Kier alpha value is -3.10. The van der Waals surface area contributed by atoms with E-state index in [-0.39, 0.29) is 18.2 Å². The van der Waals surface area contributed by atoms with Gasteiger partial charge in [-0.1, -0.05) is 65.1 Å². The number of rotatable bonds is 9. The van der Waals surface area contributed by atoms with Gasteiger partial charge in [-0.15, -0.1) is 11.3 Å². The van der Waals surface area contributed by atoms with Gasteiger partial charge < -0.3 is 10.1 Å². The number of hydrazone groups is 1. The minimum Gasteiger partial charge on any atom is -0.492 e. The molecule has 2 amide bonds. The van der Waals surface area contributed by atoms with Crippen molar-refractivity contribution in [3.05, 3.63) is 92.2 Å². The summed E-state index contributed by atoms with van der Waals surface area (Å²) >= 11 is 19.7. The number of halogens is 3. The summed E-state index contributed by atoms with van der Waals surface area (Å²) in [6.07, 6.45) is 0.784. The Bertz CT molecular complexity index is 1490. The number of hydrogen-bond donors (Lipinski definition) is 2. The minimum atomic E-state index is -0.378. The van der Waals surface area contributed by atoms with Gasteiger partial charge in [0.15, 0.2) is 0 Å². The van der Waals surface area contributed by atoms with Crippen LogP contribution in [0.3, 0.4) is 0 Å². The smallest absolute Gasteiger partial charge is 0.283 e. The Morgan fingerprint density at radius 1 is 1.00 bits per heavy atom. The van der Waals surface area contributed by atoms with Gasteiger partial charge in [0.25, 0.3) is 5.91 Å². The third-order valence-corrected chi connectivity index (χ3v) is 7.53. The van der Waals surface area contributed by atoms with Crippen LogP contribution in [-0.4, -0.2) is 24.1 Å². The van der Waals surface area contributed by atoms with Crippen molar-refractivity contribution in [2.24, 2.45) is 5.10 Å². The number of hydrogen-bond acceptors (Lipinski definition) is 5. The van der Waals surface area contributed by atoms with Gasteiger partial charge in [0.2, 0.25) is 5.91 Å². The van der Waals surface area contributed by atoms with Crippen molar-refractivity contribution in [2.45, 2.75) is 19.8 Å². The van der Waals surface area contributed by atoms with Crippen molar-refractivity contribution in [1.82, 2.24) is 5.43 Å². The van der Waals surface area contributed by atoms with Gasteiger partial charge in [-0.05, 0) is 55.3 Å². The molecule has 0 unspecified atom stereocenters. The minimum absolute atomic E-state index is 0.148. The van der Waals surface area contributed by atoms with E-state index in [0.717, 1.165) is 15.6 Å². The second-order valence-corrected chi connectivity index (χ2v) is 10.3. The summed E-state index contributed by atoms with van der Waals surface area (Å²) in [5, 5.41) is 9.30. The summed E-state index contributed by atoms with van der Waals surface area (Å²) in [5.41, 5.74) is 4.52. The highest BCUT2D eigenvalue weighted by Gasteiger charge is 2.16. The zero-order valence-electron chi connectivity index (χ0n) is 19.7. The van der Waals surface area contributed by atoms with Crippen molar-refractivity contribution >= 4 is 79.4 Å². The van der Waals surface area contributed by atoms with E-state index < -0.39 is 0 Å². The van der Waals surface area contributed by atoms with Crippen LogP contribution < -0.4 is 15.5 Å². The number of anilines is 1. The fraction of sp³-hybridized carbons (Fsp3) is 0.148. The van der Waals surface area contributed by atoms with Crippen molar-refractivity contribution in [3.8, 4) is 5.75 Å². The third kappa shape index (κ3) is 7.02. The van der Waals surface area contributed by atoms with E-state index in [1.54, 1.807) is 43.3 Å². The van der Waals surface area contributed by atoms with E-state index >= 15 is 0 Å². The van der Waals surface area contributed by atoms with Gasteiger partial charge in [0.1, 0.15) is 10.6 Å². The Morgan fingerprint density at radius 3 is 2.59 bits per heavy atom. The van der Waals surface area contributed by atoms with Crippen LogP contribution in [0, 0.1) is 0 Å². The Labute approximate surface area is 233 Å². The maximum Gasteiger partial charge on any atom is 0.283 e. The van der Waals surface area contributed by atoms with Crippen LogP contribution in [0.15, 0.2) is 71.8 Å². The predicted molar refractivity (Wildman–Crippen MR) is 153 cm³/mol. The number of thiophene rings is 1. The molecule has 0 radical (unpaired) electrons. The second kappa shape index (κ2) is 12.4. The summed E-state index contributed by atoms with van der Waals surface area (Å²) in [7, 11) is 0. The summed E-state index contributed by atoms with van der Waals surface area (Å²) in [4.78, 5) is 25.5. The topological polar surface area (TPSA) is 79.8 Å². The Balaban J connectivity index is 1.30. The molecule has 0 aliphatic heterocycles. The molecule has 0 aliphatic carbocycles. The average molecular weight is 575 g/mol. The molecule has 1 heterocycles. The van der Waals surface area contributed by atoms with Crippen LogP contribution in [0.1, 0.15) is 35.0 Å². The zero-order chi connectivity index (χ0) is 26.4. The molecule has 0 atom stereocenters. The van der Waals surface area contributed by atoms with Gasteiger partial charge in [0.05, 0.1) is 22.4 Å². The Kier molecular flexibility index (Phi) is 9.05. The lowest BCUT2D eigenvalue weighted by Gasteiger charge is -2.09. The van der Waals surface area contributed by atoms with Crippen molar-refractivity contribution in [3.63, 3.8) is 0 Å². The molecule has 0 spiro atoms. The number of benzene rings is 3. The van der Waals surface area contributed by atoms with E-state index in [9.17, 15) is 9.59 Å². The van der Waals surface area contributed by atoms with E-state index in [1.165, 1.54) is 11.3 Å². The lowest BCUT2D eigenvalue weighted by atomic mass is 10.1. The number of ether oxygens (including phenoxy) is 1. The number of fused-ring (bicyclic) bond motifs is 1.